The number of nitrogens with one attached hydrogen (secondary N) is 2. The van der Waals surface area contributed by atoms with Crippen LogP contribution in [-0.2, 0) is 16.0 Å². The largest absolute Gasteiger partial charge is 0.480 e. The maximum Gasteiger partial charge on any atom is 0.326 e. The first kappa shape index (κ1) is 16.3. The second-order valence-electron chi connectivity index (χ2n) is 3.92. The van der Waals surface area contributed by atoms with E-state index in [-0.39, 0.29) is 0 Å². The molecule has 1 atom stereocenters. The van der Waals surface area contributed by atoms with Gasteiger partial charge < -0.3 is 21.5 Å². The monoisotopic (exact) mass is 319 g/mol. The van der Waals surface area contributed by atoms with Crippen LogP contribution in [0.3, 0.4) is 0 Å². The molecule has 20 heavy (non-hydrogen) atoms. The number of carboxylic acids is 1. The van der Waals surface area contributed by atoms with Gasteiger partial charge in [-0.05, 0) is 18.6 Å². The number of urea groups is 1. The van der Waals surface area contributed by atoms with E-state index >= 15 is 0 Å². The summed E-state index contributed by atoms with van der Waals surface area (Å²) in [5.41, 5.74) is 4.90. The van der Waals surface area contributed by atoms with Crippen LogP contribution in [0.5, 0.6) is 0 Å². The number of aliphatic carboxylic acids is 1. The smallest absolute Gasteiger partial charge is 0.326 e. The lowest BCUT2D eigenvalue weighted by Gasteiger charge is -2.13. The minimum absolute atomic E-state index is 0.325. The summed E-state index contributed by atoms with van der Waals surface area (Å²) in [6.07, 6.45) is 0.127. The molecule has 1 aromatic heterocycles. The highest BCUT2D eigenvalue weighted by molar-refractivity contribution is 7.16. The molecule has 0 fully saturated rings. The Balaban J connectivity index is 2.34. The number of carbonyl (C=O) groups is 3. The molecule has 7 nitrogen and oxygen atoms in total. The van der Waals surface area contributed by atoms with Gasteiger partial charge in [0.05, 0.1) is 10.8 Å². The van der Waals surface area contributed by atoms with E-state index in [2.05, 4.69) is 10.6 Å². The Labute approximate surface area is 124 Å². The zero-order valence-electron chi connectivity index (χ0n) is 10.4. The van der Waals surface area contributed by atoms with Crippen LogP contribution in [-0.4, -0.2) is 35.6 Å². The van der Waals surface area contributed by atoms with E-state index in [0.717, 1.165) is 4.88 Å². The van der Waals surface area contributed by atoms with E-state index in [1.807, 2.05) is 6.07 Å². The van der Waals surface area contributed by atoms with E-state index in [1.54, 1.807) is 6.07 Å². The molecule has 1 rings (SSSR count). The van der Waals surface area contributed by atoms with Gasteiger partial charge in [-0.2, -0.15) is 0 Å². The highest BCUT2D eigenvalue weighted by Gasteiger charge is 2.21. The van der Waals surface area contributed by atoms with Crippen molar-refractivity contribution in [3.8, 4) is 0 Å². The van der Waals surface area contributed by atoms with E-state index in [0.29, 0.717) is 17.3 Å². The summed E-state index contributed by atoms with van der Waals surface area (Å²) in [7, 11) is 0. The first-order valence-corrected chi connectivity index (χ1v) is 6.87. The molecule has 0 radical (unpaired) electrons. The van der Waals surface area contributed by atoms with Crippen LogP contribution in [0.25, 0.3) is 0 Å². The SMILES string of the molecule is NC(=O)C[C@@H](NC(=O)NCCc1ccc(Cl)s1)C(=O)O. The number of carboxylic acid groups (broad SMARTS) is 1. The Morgan fingerprint density at radius 1 is 1.40 bits per heavy atom. The van der Waals surface area contributed by atoms with Gasteiger partial charge in [0, 0.05) is 11.4 Å². The van der Waals surface area contributed by atoms with Crippen LogP contribution in [0, 0.1) is 0 Å². The van der Waals surface area contributed by atoms with Crippen LogP contribution in [0.4, 0.5) is 4.79 Å². The van der Waals surface area contributed by atoms with Crippen molar-refractivity contribution in [1.29, 1.82) is 0 Å². The molecule has 9 heteroatoms. The summed E-state index contributed by atoms with van der Waals surface area (Å²) < 4.78 is 0.664. The second kappa shape index (κ2) is 7.71. The lowest BCUT2D eigenvalue weighted by atomic mass is 10.2. The van der Waals surface area contributed by atoms with Crippen molar-refractivity contribution in [1.82, 2.24) is 10.6 Å². The van der Waals surface area contributed by atoms with Crippen LogP contribution in [0.15, 0.2) is 12.1 Å². The summed E-state index contributed by atoms with van der Waals surface area (Å²) in [4.78, 5) is 34.0. The number of nitrogens with two attached hydrogens (primary N) is 1. The van der Waals surface area contributed by atoms with Gasteiger partial charge in [-0.15, -0.1) is 11.3 Å². The lowest BCUT2D eigenvalue weighted by Crippen LogP contribution is -2.48. The summed E-state index contributed by atoms with van der Waals surface area (Å²) in [6, 6.07) is 1.61. The molecule has 0 aliphatic rings. The molecule has 3 amide bonds. The second-order valence-corrected chi connectivity index (χ2v) is 5.72. The molecular weight excluding hydrogens is 306 g/mol. The van der Waals surface area contributed by atoms with E-state index in [9.17, 15) is 14.4 Å². The van der Waals surface area contributed by atoms with Gasteiger partial charge in [-0.1, -0.05) is 11.6 Å². The van der Waals surface area contributed by atoms with Gasteiger partial charge in [-0.25, -0.2) is 9.59 Å². The number of thiophene rings is 1. The predicted octanol–water partition coefficient (Wildman–Crippen LogP) is 0.572. The van der Waals surface area contributed by atoms with Crippen molar-refractivity contribution >= 4 is 40.8 Å². The predicted molar refractivity (Wildman–Crippen MR) is 74.8 cm³/mol. The summed E-state index contributed by atoms with van der Waals surface area (Å²) >= 11 is 7.17. The molecule has 0 aliphatic heterocycles. The number of carbonyl (C=O) groups excluding carboxylic acids is 2. The third-order valence-corrected chi connectivity index (χ3v) is 3.59. The van der Waals surface area contributed by atoms with Gasteiger partial charge in [0.1, 0.15) is 6.04 Å². The van der Waals surface area contributed by atoms with Crippen molar-refractivity contribution in [2.75, 3.05) is 6.54 Å². The zero-order valence-corrected chi connectivity index (χ0v) is 12.0. The van der Waals surface area contributed by atoms with Gasteiger partial charge in [-0.3, -0.25) is 4.79 Å². The third-order valence-electron chi connectivity index (χ3n) is 2.29. The van der Waals surface area contributed by atoms with Gasteiger partial charge in [0.15, 0.2) is 0 Å². The average molecular weight is 320 g/mol. The van der Waals surface area contributed by atoms with Crippen molar-refractivity contribution in [3.63, 3.8) is 0 Å². The normalized spacial score (nSPS) is 11.7. The Kier molecular flexibility index (Phi) is 6.26. The molecule has 0 saturated carbocycles. The number of rotatable bonds is 7. The molecule has 1 heterocycles. The van der Waals surface area contributed by atoms with Crippen molar-refractivity contribution in [2.45, 2.75) is 18.9 Å². The quantitative estimate of drug-likeness (QED) is 0.587. The van der Waals surface area contributed by atoms with Crippen molar-refractivity contribution in [3.05, 3.63) is 21.3 Å². The number of halogens is 1. The summed E-state index contributed by atoms with van der Waals surface area (Å²) in [6.45, 7) is 0.325. The van der Waals surface area contributed by atoms with Crippen molar-refractivity contribution in [2.24, 2.45) is 5.73 Å². The van der Waals surface area contributed by atoms with Crippen molar-refractivity contribution < 1.29 is 19.5 Å². The summed E-state index contributed by atoms with van der Waals surface area (Å²) in [5, 5.41) is 13.5. The fraction of sp³-hybridized carbons (Fsp3) is 0.364. The van der Waals surface area contributed by atoms with E-state index in [1.165, 1.54) is 11.3 Å². The molecule has 1 aromatic rings. The number of amides is 3. The third kappa shape index (κ3) is 5.89. The molecule has 0 bridgehead atoms. The van der Waals surface area contributed by atoms with Gasteiger partial charge in [0.25, 0.3) is 0 Å². The first-order chi connectivity index (χ1) is 9.38. The zero-order chi connectivity index (χ0) is 15.1. The number of hydrogen-bond donors (Lipinski definition) is 4. The fourth-order valence-electron chi connectivity index (χ4n) is 1.40. The highest BCUT2D eigenvalue weighted by atomic mass is 35.5. The molecular formula is C11H14ClN3O4S. The van der Waals surface area contributed by atoms with Gasteiger partial charge >= 0.3 is 12.0 Å². The maximum absolute atomic E-state index is 11.5. The highest BCUT2D eigenvalue weighted by Crippen LogP contribution is 2.21. The van der Waals surface area contributed by atoms with Crippen LogP contribution in [0.1, 0.15) is 11.3 Å². The van der Waals surface area contributed by atoms with Crippen LogP contribution >= 0.6 is 22.9 Å². The average Bonchev–Trinajstić information content (AvgIpc) is 2.73. The summed E-state index contributed by atoms with van der Waals surface area (Å²) in [5.74, 6) is -2.12. The molecule has 5 N–H and O–H groups in total. The lowest BCUT2D eigenvalue weighted by molar-refractivity contribution is -0.140. The fourth-order valence-corrected chi connectivity index (χ4v) is 2.48. The van der Waals surface area contributed by atoms with E-state index < -0.39 is 30.4 Å². The van der Waals surface area contributed by atoms with Gasteiger partial charge in [0.2, 0.25) is 5.91 Å². The van der Waals surface area contributed by atoms with Crippen LogP contribution < -0.4 is 16.4 Å². The van der Waals surface area contributed by atoms with Crippen LogP contribution in [0.2, 0.25) is 4.34 Å². The molecule has 0 aliphatic carbocycles. The Morgan fingerprint density at radius 2 is 2.10 bits per heavy atom. The Hall–Kier alpha value is -1.80. The minimum atomic E-state index is -1.33. The standard InChI is InChI=1S/C11H14ClN3O4S/c12-8-2-1-6(20-8)3-4-14-11(19)15-7(10(17)18)5-9(13)16/h1-2,7H,3-5H2,(H2,13,16)(H,17,18)(H2,14,15,19)/t7-/m1/s1. The number of hydrogen-bond acceptors (Lipinski definition) is 4. The molecule has 0 aromatic carbocycles. The van der Waals surface area contributed by atoms with E-state index in [4.69, 9.17) is 22.4 Å². The maximum atomic E-state index is 11.5. The molecule has 0 unspecified atom stereocenters. The topological polar surface area (TPSA) is 122 Å². The Morgan fingerprint density at radius 3 is 2.60 bits per heavy atom. The minimum Gasteiger partial charge on any atom is -0.480 e. The molecule has 110 valence electrons. The first-order valence-electron chi connectivity index (χ1n) is 5.68. The Bertz CT molecular complexity index is 506. The molecule has 0 spiro atoms. The molecule has 0 saturated heterocycles. The number of primary amides is 1.